The quantitative estimate of drug-likeness (QED) is 0.705. The Kier molecular flexibility index (Phi) is 7.47. The van der Waals surface area contributed by atoms with E-state index in [1.165, 1.54) is 5.56 Å². The van der Waals surface area contributed by atoms with Gasteiger partial charge in [0.05, 0.1) is 19.8 Å². The maximum absolute atomic E-state index is 5.47. The van der Waals surface area contributed by atoms with Crippen LogP contribution in [-0.2, 0) is 15.9 Å². The molecule has 0 aliphatic carbocycles. The number of nitrogens with zero attached hydrogens (tertiary/aromatic N) is 2. The van der Waals surface area contributed by atoms with Gasteiger partial charge in [-0.1, -0.05) is 13.8 Å². The van der Waals surface area contributed by atoms with Crippen LogP contribution < -0.4 is 5.32 Å². The minimum Gasteiger partial charge on any atom is -0.382 e. The molecular weight excluding hydrogens is 254 g/mol. The smallest absolute Gasteiger partial charge is 0.133 e. The Balaban J connectivity index is 2.73. The van der Waals surface area contributed by atoms with Gasteiger partial charge in [0.1, 0.15) is 11.6 Å². The van der Waals surface area contributed by atoms with Gasteiger partial charge in [-0.25, -0.2) is 9.97 Å². The highest BCUT2D eigenvalue weighted by Crippen LogP contribution is 2.25. The van der Waals surface area contributed by atoms with E-state index >= 15 is 0 Å². The van der Waals surface area contributed by atoms with Gasteiger partial charge in [0.2, 0.25) is 0 Å². The predicted octanol–water partition coefficient (Wildman–Crippen LogP) is 2.55. The summed E-state index contributed by atoms with van der Waals surface area (Å²) in [5.74, 6) is 2.21. The highest BCUT2D eigenvalue weighted by atomic mass is 16.5. The van der Waals surface area contributed by atoms with Gasteiger partial charge in [-0.15, -0.1) is 0 Å². The van der Waals surface area contributed by atoms with Crippen LogP contribution in [0.25, 0.3) is 0 Å². The lowest BCUT2D eigenvalue weighted by Gasteiger charge is -2.16. The van der Waals surface area contributed by atoms with E-state index in [9.17, 15) is 0 Å². The molecule has 0 saturated heterocycles. The molecule has 0 aromatic carbocycles. The summed E-state index contributed by atoms with van der Waals surface area (Å²) in [5, 5.41) is 3.34. The van der Waals surface area contributed by atoms with E-state index in [1.807, 2.05) is 6.92 Å². The number of methoxy groups -OCH3 is 1. The molecule has 0 spiro atoms. The molecule has 0 saturated carbocycles. The lowest BCUT2D eigenvalue weighted by Crippen LogP contribution is -2.13. The van der Waals surface area contributed by atoms with E-state index in [1.54, 1.807) is 7.11 Å². The van der Waals surface area contributed by atoms with E-state index < -0.39 is 0 Å². The molecule has 0 aliphatic rings. The SMILES string of the molecule is CCNc1nc(CCOCCOC)nc(C)c1C(C)C. The van der Waals surface area contributed by atoms with Crippen LogP contribution in [0.15, 0.2) is 0 Å². The number of hydrogen-bond acceptors (Lipinski definition) is 5. The number of anilines is 1. The van der Waals surface area contributed by atoms with Crippen LogP contribution in [0, 0.1) is 6.92 Å². The molecule has 1 aromatic heterocycles. The predicted molar refractivity (Wildman–Crippen MR) is 81.4 cm³/mol. The van der Waals surface area contributed by atoms with Gasteiger partial charge in [0.15, 0.2) is 0 Å². The fourth-order valence-electron chi connectivity index (χ4n) is 2.15. The fraction of sp³-hybridized carbons (Fsp3) is 0.733. The average Bonchev–Trinajstić information content (AvgIpc) is 2.38. The van der Waals surface area contributed by atoms with Crippen molar-refractivity contribution in [3.05, 3.63) is 17.1 Å². The molecule has 5 heteroatoms. The summed E-state index contributed by atoms with van der Waals surface area (Å²) < 4.78 is 10.4. The summed E-state index contributed by atoms with van der Waals surface area (Å²) in [6.07, 6.45) is 0.724. The molecule has 1 rings (SSSR count). The van der Waals surface area contributed by atoms with Crippen LogP contribution in [0.4, 0.5) is 5.82 Å². The first-order valence-electron chi connectivity index (χ1n) is 7.28. The molecule has 0 bridgehead atoms. The van der Waals surface area contributed by atoms with Crippen molar-refractivity contribution in [1.29, 1.82) is 0 Å². The van der Waals surface area contributed by atoms with Gasteiger partial charge in [-0.05, 0) is 19.8 Å². The van der Waals surface area contributed by atoms with Gasteiger partial charge in [0, 0.05) is 31.3 Å². The zero-order valence-electron chi connectivity index (χ0n) is 13.3. The number of ether oxygens (including phenoxy) is 2. The second-order valence-electron chi connectivity index (χ2n) is 5.03. The Morgan fingerprint density at radius 3 is 2.50 bits per heavy atom. The highest BCUT2D eigenvalue weighted by molar-refractivity contribution is 5.48. The Hall–Kier alpha value is -1.20. The van der Waals surface area contributed by atoms with E-state index in [-0.39, 0.29) is 0 Å². The van der Waals surface area contributed by atoms with Crippen molar-refractivity contribution in [2.75, 3.05) is 38.8 Å². The first kappa shape index (κ1) is 16.9. The summed E-state index contributed by atoms with van der Waals surface area (Å²) in [7, 11) is 1.67. The molecule has 0 aliphatic heterocycles. The largest absolute Gasteiger partial charge is 0.382 e. The van der Waals surface area contributed by atoms with Crippen LogP contribution in [0.2, 0.25) is 0 Å². The first-order chi connectivity index (χ1) is 9.60. The number of rotatable bonds is 9. The Morgan fingerprint density at radius 2 is 1.90 bits per heavy atom. The lowest BCUT2D eigenvalue weighted by atomic mass is 10.0. The molecule has 0 amide bonds. The molecule has 0 radical (unpaired) electrons. The first-order valence-corrected chi connectivity index (χ1v) is 7.28. The van der Waals surface area contributed by atoms with E-state index in [0.717, 1.165) is 30.3 Å². The van der Waals surface area contributed by atoms with Crippen molar-refractivity contribution in [3.63, 3.8) is 0 Å². The Labute approximate surface area is 122 Å². The summed E-state index contributed by atoms with van der Waals surface area (Å²) in [4.78, 5) is 9.22. The second-order valence-corrected chi connectivity index (χ2v) is 5.03. The normalized spacial score (nSPS) is 11.1. The molecule has 1 aromatic rings. The topological polar surface area (TPSA) is 56.3 Å². The van der Waals surface area contributed by atoms with Gasteiger partial charge in [-0.2, -0.15) is 0 Å². The van der Waals surface area contributed by atoms with Gasteiger partial charge in [-0.3, -0.25) is 0 Å². The Morgan fingerprint density at radius 1 is 1.15 bits per heavy atom. The lowest BCUT2D eigenvalue weighted by molar-refractivity contribution is 0.0716. The molecule has 5 nitrogen and oxygen atoms in total. The van der Waals surface area contributed by atoms with Crippen LogP contribution in [0.5, 0.6) is 0 Å². The zero-order valence-corrected chi connectivity index (χ0v) is 13.3. The number of aryl methyl sites for hydroxylation is 1. The van der Waals surface area contributed by atoms with E-state index in [4.69, 9.17) is 9.47 Å². The zero-order chi connectivity index (χ0) is 15.0. The minimum atomic E-state index is 0.413. The monoisotopic (exact) mass is 281 g/mol. The van der Waals surface area contributed by atoms with Crippen LogP contribution in [-0.4, -0.2) is 43.4 Å². The minimum absolute atomic E-state index is 0.413. The third-order valence-electron chi connectivity index (χ3n) is 3.01. The fourth-order valence-corrected chi connectivity index (χ4v) is 2.15. The molecule has 0 atom stereocenters. The van der Waals surface area contributed by atoms with Crippen molar-refractivity contribution in [2.45, 2.75) is 40.0 Å². The van der Waals surface area contributed by atoms with Crippen LogP contribution >= 0.6 is 0 Å². The van der Waals surface area contributed by atoms with Crippen molar-refractivity contribution in [2.24, 2.45) is 0 Å². The van der Waals surface area contributed by atoms with E-state index in [2.05, 4.69) is 36.1 Å². The van der Waals surface area contributed by atoms with Crippen molar-refractivity contribution in [1.82, 2.24) is 9.97 Å². The molecule has 1 heterocycles. The third kappa shape index (κ3) is 5.06. The van der Waals surface area contributed by atoms with Gasteiger partial charge < -0.3 is 14.8 Å². The van der Waals surface area contributed by atoms with Crippen molar-refractivity contribution < 1.29 is 9.47 Å². The Bertz CT molecular complexity index is 408. The highest BCUT2D eigenvalue weighted by Gasteiger charge is 2.14. The number of hydrogen-bond donors (Lipinski definition) is 1. The maximum atomic E-state index is 5.47. The van der Waals surface area contributed by atoms with Gasteiger partial charge in [0.25, 0.3) is 0 Å². The standard InChI is InChI=1S/C15H27N3O2/c1-6-16-15-14(11(2)3)12(4)17-13(18-15)7-8-20-10-9-19-5/h11H,6-10H2,1-5H3,(H,16,17,18). The van der Waals surface area contributed by atoms with Crippen LogP contribution in [0.1, 0.15) is 43.8 Å². The number of nitrogens with one attached hydrogen (secondary N) is 1. The molecular formula is C15H27N3O2. The van der Waals surface area contributed by atoms with Crippen LogP contribution in [0.3, 0.4) is 0 Å². The summed E-state index contributed by atoms with van der Waals surface area (Å²) in [6, 6.07) is 0. The average molecular weight is 281 g/mol. The van der Waals surface area contributed by atoms with Crippen molar-refractivity contribution in [3.8, 4) is 0 Å². The third-order valence-corrected chi connectivity index (χ3v) is 3.01. The summed E-state index contributed by atoms with van der Waals surface area (Å²) in [5.41, 5.74) is 2.26. The second kappa shape index (κ2) is 8.87. The molecule has 114 valence electrons. The molecule has 0 unspecified atom stereocenters. The van der Waals surface area contributed by atoms with Gasteiger partial charge >= 0.3 is 0 Å². The maximum Gasteiger partial charge on any atom is 0.133 e. The number of aromatic nitrogens is 2. The molecule has 1 N–H and O–H groups in total. The molecule has 20 heavy (non-hydrogen) atoms. The summed E-state index contributed by atoms with van der Waals surface area (Å²) in [6.45, 7) is 11.2. The van der Waals surface area contributed by atoms with E-state index in [0.29, 0.717) is 25.7 Å². The van der Waals surface area contributed by atoms with Crippen molar-refractivity contribution >= 4 is 5.82 Å². The summed E-state index contributed by atoms with van der Waals surface area (Å²) >= 11 is 0. The molecule has 0 fully saturated rings.